The Kier molecular flexibility index (Phi) is 6.70. The van der Waals surface area contributed by atoms with Crippen LogP contribution in [0.25, 0.3) is 22.7 Å². The van der Waals surface area contributed by atoms with Gasteiger partial charge in [0, 0.05) is 49.3 Å². The van der Waals surface area contributed by atoms with Gasteiger partial charge in [-0.25, -0.2) is 9.67 Å². The molecule has 0 saturated carbocycles. The van der Waals surface area contributed by atoms with Crippen LogP contribution in [0, 0.1) is 6.92 Å². The Bertz CT molecular complexity index is 1730. The van der Waals surface area contributed by atoms with Crippen molar-refractivity contribution in [3.8, 4) is 17.1 Å². The fraction of sp³-hybridized carbons (Fsp3) is 0.241. The van der Waals surface area contributed by atoms with Gasteiger partial charge >= 0.3 is 6.18 Å². The first-order valence-corrected chi connectivity index (χ1v) is 13.1. The van der Waals surface area contributed by atoms with Crippen molar-refractivity contribution in [3.05, 3.63) is 89.9 Å². The van der Waals surface area contributed by atoms with Gasteiger partial charge in [-0.3, -0.25) is 9.20 Å². The highest BCUT2D eigenvalue weighted by atomic mass is 19.4. The molecule has 0 spiro atoms. The molecule has 0 aliphatic carbocycles. The van der Waals surface area contributed by atoms with Crippen LogP contribution in [0.15, 0.2) is 73.2 Å². The summed E-state index contributed by atoms with van der Waals surface area (Å²) in [5.74, 6) is -0.531. The van der Waals surface area contributed by atoms with E-state index in [-0.39, 0.29) is 11.3 Å². The molecule has 12 heteroatoms. The number of likely N-dealkylation sites (N-methyl/N-ethyl adjacent to an activating group) is 1. The number of hydrogen-bond donors (Lipinski definition) is 1. The lowest BCUT2D eigenvalue weighted by atomic mass is 10.1. The van der Waals surface area contributed by atoms with E-state index in [1.54, 1.807) is 41.3 Å². The van der Waals surface area contributed by atoms with Crippen molar-refractivity contribution >= 4 is 22.9 Å². The zero-order valence-corrected chi connectivity index (χ0v) is 22.4. The molecule has 6 rings (SSSR count). The number of amides is 1. The summed E-state index contributed by atoms with van der Waals surface area (Å²) in [7, 11) is 1.98. The third-order valence-electron chi connectivity index (χ3n) is 7.26. The van der Waals surface area contributed by atoms with Gasteiger partial charge in [-0.1, -0.05) is 17.3 Å². The molecule has 1 aliphatic heterocycles. The Hall–Kier alpha value is -4.71. The van der Waals surface area contributed by atoms with Crippen LogP contribution in [0.2, 0.25) is 0 Å². The van der Waals surface area contributed by atoms with Gasteiger partial charge in [0.05, 0.1) is 29.3 Å². The molecular formula is C29H27F3N8O. The summed E-state index contributed by atoms with van der Waals surface area (Å²) < 4.78 is 44.7. The molecule has 0 unspecified atom stereocenters. The number of aromatic nitrogens is 5. The third-order valence-corrected chi connectivity index (χ3v) is 7.26. The van der Waals surface area contributed by atoms with Gasteiger partial charge in [0.1, 0.15) is 11.3 Å². The normalized spacial score (nSPS) is 14.5. The molecule has 4 heterocycles. The number of imidazole rings is 1. The Morgan fingerprint density at radius 1 is 1.00 bits per heavy atom. The maximum Gasteiger partial charge on any atom is 0.416 e. The van der Waals surface area contributed by atoms with Crippen LogP contribution in [0.4, 0.5) is 24.5 Å². The highest BCUT2D eigenvalue weighted by molar-refractivity contribution is 6.05. The average Bonchev–Trinajstić information content (AvgIpc) is 3.60. The fourth-order valence-corrected chi connectivity index (χ4v) is 4.92. The lowest BCUT2D eigenvalue weighted by Crippen LogP contribution is -2.44. The molecule has 0 radical (unpaired) electrons. The van der Waals surface area contributed by atoms with Crippen molar-refractivity contribution in [3.63, 3.8) is 0 Å². The maximum atomic E-state index is 13.8. The zero-order valence-electron chi connectivity index (χ0n) is 22.4. The Balaban J connectivity index is 1.28. The molecule has 0 bridgehead atoms. The fourth-order valence-electron chi connectivity index (χ4n) is 4.92. The molecule has 0 atom stereocenters. The van der Waals surface area contributed by atoms with Crippen LogP contribution < -0.4 is 10.2 Å². The molecule has 9 nitrogen and oxygen atoms in total. The number of pyridine rings is 1. The summed E-state index contributed by atoms with van der Waals surface area (Å²) in [6.07, 6.45) is 0.794. The van der Waals surface area contributed by atoms with Gasteiger partial charge in [0.25, 0.3) is 5.91 Å². The molecule has 1 amide bonds. The van der Waals surface area contributed by atoms with Crippen LogP contribution >= 0.6 is 0 Å². The summed E-state index contributed by atoms with van der Waals surface area (Å²) in [6.45, 7) is 4.56. The number of fused-ring (bicyclic) bond motifs is 1. The second kappa shape index (κ2) is 10.4. The second-order valence-electron chi connectivity index (χ2n) is 10.1. The molecule has 210 valence electrons. The number of benzene rings is 2. The predicted molar refractivity (Wildman–Crippen MR) is 149 cm³/mol. The van der Waals surface area contributed by atoms with E-state index < -0.39 is 17.6 Å². The molecule has 1 fully saturated rings. The standard InChI is InChI=1S/C29H27F3N8O/c1-19-6-7-20(13-25(19)40-18-24(35-36-40)26-17-33-27-5-3-4-8-39(26)27)28(41)34-22-14-21(29(30,31)32)15-23(16-22)38-11-9-37(2)10-12-38/h3-8,13-18H,9-12H2,1-2H3,(H,34,41). The second-order valence-corrected chi connectivity index (χ2v) is 10.1. The lowest BCUT2D eigenvalue weighted by molar-refractivity contribution is -0.137. The monoisotopic (exact) mass is 560 g/mol. The van der Waals surface area contributed by atoms with Gasteiger partial charge in [-0.2, -0.15) is 13.2 Å². The molecular weight excluding hydrogens is 533 g/mol. The van der Waals surface area contributed by atoms with E-state index in [0.29, 0.717) is 30.2 Å². The van der Waals surface area contributed by atoms with Crippen molar-refractivity contribution in [1.82, 2.24) is 29.3 Å². The van der Waals surface area contributed by atoms with E-state index in [1.807, 2.05) is 47.7 Å². The van der Waals surface area contributed by atoms with Crippen LogP contribution in [0.3, 0.4) is 0 Å². The topological polar surface area (TPSA) is 83.6 Å². The first kappa shape index (κ1) is 26.5. The highest BCUT2D eigenvalue weighted by Crippen LogP contribution is 2.35. The Labute approximate surface area is 233 Å². The van der Waals surface area contributed by atoms with Gasteiger partial charge in [-0.05, 0) is 62.0 Å². The van der Waals surface area contributed by atoms with E-state index in [0.717, 1.165) is 42.1 Å². The van der Waals surface area contributed by atoms with Gasteiger partial charge in [-0.15, -0.1) is 5.10 Å². The first-order valence-electron chi connectivity index (χ1n) is 13.1. The lowest BCUT2D eigenvalue weighted by Gasteiger charge is -2.34. The summed E-state index contributed by atoms with van der Waals surface area (Å²) in [5, 5.41) is 11.2. The van der Waals surface area contributed by atoms with Crippen LogP contribution in [0.5, 0.6) is 0 Å². The summed E-state index contributed by atoms with van der Waals surface area (Å²) in [5.41, 5.74) is 3.56. The minimum atomic E-state index is -4.55. The van der Waals surface area contributed by atoms with E-state index >= 15 is 0 Å². The predicted octanol–water partition coefficient (Wildman–Crippen LogP) is 4.91. The number of anilines is 2. The van der Waals surface area contributed by atoms with Gasteiger partial charge in [0.15, 0.2) is 0 Å². The first-order chi connectivity index (χ1) is 19.7. The molecule has 3 aromatic heterocycles. The number of aryl methyl sites for hydroxylation is 1. The zero-order chi connectivity index (χ0) is 28.7. The summed E-state index contributed by atoms with van der Waals surface area (Å²) >= 11 is 0. The number of carbonyl (C=O) groups is 1. The van der Waals surface area contributed by atoms with Gasteiger partial charge in [0.2, 0.25) is 0 Å². The van der Waals surface area contributed by atoms with Crippen LogP contribution in [-0.2, 0) is 6.18 Å². The van der Waals surface area contributed by atoms with Crippen molar-refractivity contribution in [2.45, 2.75) is 13.1 Å². The van der Waals surface area contributed by atoms with Crippen molar-refractivity contribution in [2.75, 3.05) is 43.4 Å². The SMILES string of the molecule is Cc1ccc(C(=O)Nc2cc(N3CCN(C)CC3)cc(C(F)(F)F)c2)cc1-n1cc(-c2cnc3ccccn23)nn1. The van der Waals surface area contributed by atoms with E-state index in [2.05, 4.69) is 25.5 Å². The molecule has 1 N–H and O–H groups in total. The van der Waals surface area contributed by atoms with Crippen LogP contribution in [-0.4, -0.2) is 68.4 Å². The van der Waals surface area contributed by atoms with Crippen molar-refractivity contribution in [2.24, 2.45) is 0 Å². The van der Waals surface area contributed by atoms with E-state index in [9.17, 15) is 18.0 Å². The van der Waals surface area contributed by atoms with Gasteiger partial charge < -0.3 is 15.1 Å². The number of nitrogens with zero attached hydrogens (tertiary/aromatic N) is 7. The Morgan fingerprint density at radius 2 is 1.80 bits per heavy atom. The number of piperazine rings is 1. The van der Waals surface area contributed by atoms with Crippen molar-refractivity contribution in [1.29, 1.82) is 0 Å². The number of hydrogen-bond acceptors (Lipinski definition) is 6. The maximum absolute atomic E-state index is 13.8. The highest BCUT2D eigenvalue weighted by Gasteiger charge is 2.32. The number of halogens is 3. The quantitative estimate of drug-likeness (QED) is 0.329. The number of alkyl halides is 3. The Morgan fingerprint density at radius 3 is 2.59 bits per heavy atom. The third kappa shape index (κ3) is 5.38. The largest absolute Gasteiger partial charge is 0.416 e. The number of nitrogens with one attached hydrogen (secondary N) is 1. The molecule has 1 aliphatic rings. The van der Waals surface area contributed by atoms with Crippen LogP contribution in [0.1, 0.15) is 21.5 Å². The smallest absolute Gasteiger partial charge is 0.369 e. The van der Waals surface area contributed by atoms with E-state index in [4.69, 9.17) is 0 Å². The van der Waals surface area contributed by atoms with E-state index in [1.165, 1.54) is 0 Å². The minimum absolute atomic E-state index is 0.0801. The number of rotatable bonds is 5. The molecule has 2 aromatic carbocycles. The number of carbonyl (C=O) groups excluding carboxylic acids is 1. The molecule has 1 saturated heterocycles. The summed E-state index contributed by atoms with van der Waals surface area (Å²) in [6, 6.07) is 14.4. The minimum Gasteiger partial charge on any atom is -0.369 e. The summed E-state index contributed by atoms with van der Waals surface area (Å²) in [4.78, 5) is 21.7. The molecule has 5 aromatic rings. The molecule has 41 heavy (non-hydrogen) atoms. The van der Waals surface area contributed by atoms with Crippen molar-refractivity contribution < 1.29 is 18.0 Å². The average molecular weight is 561 g/mol.